The van der Waals surface area contributed by atoms with E-state index in [1.807, 2.05) is 0 Å². The molecule has 38 heavy (non-hydrogen) atoms. The first-order valence-electron chi connectivity index (χ1n) is 12.2. The Morgan fingerprint density at radius 2 is 1.53 bits per heavy atom. The molecule has 1 aliphatic rings. The van der Waals surface area contributed by atoms with Crippen molar-refractivity contribution in [3.63, 3.8) is 0 Å². The summed E-state index contributed by atoms with van der Waals surface area (Å²) in [6.07, 6.45) is 10.5. The molecule has 0 aliphatic heterocycles. The van der Waals surface area contributed by atoms with Gasteiger partial charge in [-0.25, -0.2) is 11.6 Å². The van der Waals surface area contributed by atoms with Crippen LogP contribution in [-0.4, -0.2) is 4.57 Å². The second kappa shape index (κ2) is 12.9. The third-order valence-electron chi connectivity index (χ3n) is 6.89. The average molecular weight is 612 g/mol. The molecule has 0 saturated carbocycles. The summed E-state index contributed by atoms with van der Waals surface area (Å²) in [6.45, 7) is 4.24. The van der Waals surface area contributed by atoms with Gasteiger partial charge in [-0.2, -0.15) is 6.08 Å². The molecule has 0 bridgehead atoms. The van der Waals surface area contributed by atoms with Gasteiger partial charge in [0, 0.05) is 11.9 Å². The Morgan fingerprint density at radius 1 is 0.763 bits per heavy atom. The fraction of sp³-hybridized carbons (Fsp3) is 0.0882. The summed E-state index contributed by atoms with van der Waals surface area (Å²) in [7, 11) is 0. The maximum atomic E-state index is 3.12. The Morgan fingerprint density at radius 3 is 2.26 bits per heavy atom. The summed E-state index contributed by atoms with van der Waals surface area (Å²) in [5.41, 5.74) is 7.62. The molecule has 0 fully saturated rings. The number of para-hydroxylation sites is 1. The monoisotopic (exact) mass is 609 g/mol. The number of benzene rings is 4. The molecule has 1 heterocycles. The summed E-state index contributed by atoms with van der Waals surface area (Å²) in [6, 6.07) is 35.2. The molecule has 1 nitrogen and oxygen atoms in total. The van der Waals surface area contributed by atoms with E-state index in [0.29, 0.717) is 0 Å². The second-order valence-electron chi connectivity index (χ2n) is 9.24. The van der Waals surface area contributed by atoms with Gasteiger partial charge < -0.3 is 29.4 Å². The van der Waals surface area contributed by atoms with E-state index in [4.69, 9.17) is 0 Å². The SMILES string of the molecule is CC1=[C-]CC=C1.Cc1ccc(-c2cc3ccc(-n4ccc5ccccc54)cc3[cH-]2)c2ccccc12.[Cl-].[Cl-].[Zr+4]. The molecule has 0 amide bonds. The van der Waals surface area contributed by atoms with Gasteiger partial charge in [0.25, 0.3) is 0 Å². The molecule has 1 aromatic heterocycles. The van der Waals surface area contributed by atoms with Gasteiger partial charge in [-0.05, 0) is 40.8 Å². The van der Waals surface area contributed by atoms with Crippen LogP contribution in [-0.2, 0) is 26.2 Å². The largest absolute Gasteiger partial charge is 4.00 e. The molecular formula is C34H27Cl2NZr. The zero-order valence-corrected chi connectivity index (χ0v) is 25.3. The number of aromatic nitrogens is 1. The molecule has 1 aliphatic carbocycles. The summed E-state index contributed by atoms with van der Waals surface area (Å²) in [5, 5.41) is 6.47. The van der Waals surface area contributed by atoms with E-state index in [9.17, 15) is 0 Å². The van der Waals surface area contributed by atoms with E-state index >= 15 is 0 Å². The summed E-state index contributed by atoms with van der Waals surface area (Å²) in [5.74, 6) is 0. The Balaban J connectivity index is 0.000000397. The maximum Gasteiger partial charge on any atom is 4.00 e. The van der Waals surface area contributed by atoms with Crippen molar-refractivity contribution >= 4 is 32.4 Å². The normalized spacial score (nSPS) is 11.8. The zero-order valence-electron chi connectivity index (χ0n) is 21.4. The van der Waals surface area contributed by atoms with E-state index in [1.165, 1.54) is 60.4 Å². The smallest absolute Gasteiger partial charge is 1.00 e. The van der Waals surface area contributed by atoms with E-state index in [-0.39, 0.29) is 51.0 Å². The van der Waals surface area contributed by atoms with Gasteiger partial charge >= 0.3 is 26.2 Å². The van der Waals surface area contributed by atoms with Crippen LogP contribution in [0.3, 0.4) is 0 Å². The van der Waals surface area contributed by atoms with Gasteiger partial charge in [0.1, 0.15) is 0 Å². The number of fused-ring (bicyclic) bond motifs is 3. The quantitative estimate of drug-likeness (QED) is 0.265. The first kappa shape index (κ1) is 29.8. The Labute approximate surface area is 256 Å². The number of aryl methyl sites for hydroxylation is 1. The molecule has 7 rings (SSSR count). The van der Waals surface area contributed by atoms with Crippen LogP contribution < -0.4 is 24.8 Å². The molecule has 186 valence electrons. The Kier molecular flexibility index (Phi) is 10.1. The van der Waals surface area contributed by atoms with E-state index in [1.54, 1.807) is 0 Å². The topological polar surface area (TPSA) is 4.93 Å². The van der Waals surface area contributed by atoms with Gasteiger partial charge in [0.05, 0.1) is 5.52 Å². The number of hydrogen-bond donors (Lipinski definition) is 0. The minimum absolute atomic E-state index is 0. The molecule has 0 saturated heterocycles. The molecule has 0 radical (unpaired) electrons. The van der Waals surface area contributed by atoms with Crippen molar-refractivity contribution in [3.05, 3.63) is 133 Å². The third kappa shape index (κ3) is 5.79. The van der Waals surface area contributed by atoms with Crippen LogP contribution in [0, 0.1) is 13.0 Å². The standard InChI is InChI=1S/C28H20N.C6H7.2ClH.Zr/c1-19-10-13-26(27-8-4-3-7-25(19)27)23-16-21-11-12-24(18-22(21)17-23)29-15-14-20-6-2-5-9-28(20)29;1-6-4-2-3-5-6;;;/h2-18H,1H3;2,4H,3H2,1H3;2*1H;/q2*-1;;;+4/p-2. The average Bonchev–Trinajstić information content (AvgIpc) is 3.64. The number of hydrogen-bond acceptors (Lipinski definition) is 0. The van der Waals surface area contributed by atoms with E-state index < -0.39 is 0 Å². The fourth-order valence-corrected chi connectivity index (χ4v) is 5.02. The van der Waals surface area contributed by atoms with Gasteiger partial charge in [0.2, 0.25) is 0 Å². The van der Waals surface area contributed by atoms with Crippen molar-refractivity contribution in [1.29, 1.82) is 0 Å². The molecule has 4 heteroatoms. The van der Waals surface area contributed by atoms with E-state index in [2.05, 4.69) is 140 Å². The number of allylic oxidation sites excluding steroid dienone is 4. The first-order chi connectivity index (χ1) is 17.2. The maximum absolute atomic E-state index is 3.12. The number of rotatable bonds is 2. The van der Waals surface area contributed by atoms with E-state index in [0.717, 1.165) is 6.42 Å². The molecule has 5 aromatic carbocycles. The Bertz CT molecular complexity index is 1750. The van der Waals surface area contributed by atoms with Crippen LogP contribution in [0.4, 0.5) is 0 Å². The van der Waals surface area contributed by atoms with Gasteiger partial charge in [-0.1, -0.05) is 85.3 Å². The predicted octanol–water partition coefficient (Wildman–Crippen LogP) is 3.33. The molecule has 0 atom stereocenters. The fourth-order valence-electron chi connectivity index (χ4n) is 5.02. The third-order valence-corrected chi connectivity index (χ3v) is 6.89. The van der Waals surface area contributed by atoms with Crippen LogP contribution in [0.5, 0.6) is 0 Å². The van der Waals surface area contributed by atoms with Crippen LogP contribution in [0.15, 0.2) is 121 Å². The van der Waals surface area contributed by atoms with Crippen molar-refractivity contribution in [1.82, 2.24) is 4.57 Å². The molecule has 0 unspecified atom stereocenters. The van der Waals surface area contributed by atoms with Crippen LogP contribution >= 0.6 is 0 Å². The summed E-state index contributed by atoms with van der Waals surface area (Å²) < 4.78 is 2.27. The zero-order chi connectivity index (χ0) is 23.8. The second-order valence-corrected chi connectivity index (χ2v) is 9.24. The minimum Gasteiger partial charge on any atom is -1.00 e. The van der Waals surface area contributed by atoms with Crippen LogP contribution in [0.1, 0.15) is 18.9 Å². The van der Waals surface area contributed by atoms with Crippen molar-refractivity contribution in [2.75, 3.05) is 0 Å². The van der Waals surface area contributed by atoms with Crippen molar-refractivity contribution in [3.8, 4) is 16.8 Å². The van der Waals surface area contributed by atoms with Crippen LogP contribution in [0.25, 0.3) is 49.3 Å². The molecule has 0 spiro atoms. The first-order valence-corrected chi connectivity index (χ1v) is 12.2. The molecule has 6 aromatic rings. The van der Waals surface area contributed by atoms with Gasteiger partial charge in [-0.3, -0.25) is 6.08 Å². The van der Waals surface area contributed by atoms with Crippen LogP contribution in [0.2, 0.25) is 0 Å². The molecule has 0 N–H and O–H groups in total. The van der Waals surface area contributed by atoms with Gasteiger partial charge in [-0.15, -0.1) is 34.9 Å². The van der Waals surface area contributed by atoms with Gasteiger partial charge in [0.15, 0.2) is 0 Å². The number of nitrogens with zero attached hydrogens (tertiary/aromatic N) is 1. The predicted molar refractivity (Wildman–Crippen MR) is 150 cm³/mol. The summed E-state index contributed by atoms with van der Waals surface area (Å²) >= 11 is 0. The molecular weight excluding hydrogens is 585 g/mol. The summed E-state index contributed by atoms with van der Waals surface area (Å²) in [4.78, 5) is 0. The van der Waals surface area contributed by atoms with Crippen molar-refractivity contribution < 1.29 is 51.0 Å². The minimum atomic E-state index is 0. The Hall–Kier alpha value is -2.77. The number of halogens is 2. The van der Waals surface area contributed by atoms with Crippen molar-refractivity contribution in [2.45, 2.75) is 20.3 Å². The van der Waals surface area contributed by atoms with Crippen molar-refractivity contribution in [2.24, 2.45) is 0 Å².